The lowest BCUT2D eigenvalue weighted by Crippen LogP contribution is -2.29. The third-order valence-corrected chi connectivity index (χ3v) is 2.69. The van der Waals surface area contributed by atoms with Crippen LogP contribution in [-0.4, -0.2) is 30.1 Å². The third kappa shape index (κ3) is 6.01. The molecule has 1 rings (SSSR count). The average Bonchev–Trinajstić information content (AvgIpc) is 2.32. The fourth-order valence-electron chi connectivity index (χ4n) is 1.71. The minimum Gasteiger partial charge on any atom is -0.481 e. The Morgan fingerprint density at radius 2 is 2.00 bits per heavy atom. The molecule has 0 atom stereocenters. The number of anilines is 1. The summed E-state index contributed by atoms with van der Waals surface area (Å²) in [6.45, 7) is 4.66. The Balaban J connectivity index is 2.29. The molecule has 3 N–H and O–H groups in total. The van der Waals surface area contributed by atoms with Crippen LogP contribution in [0.15, 0.2) is 18.2 Å². The van der Waals surface area contributed by atoms with Gasteiger partial charge < -0.3 is 15.7 Å². The van der Waals surface area contributed by atoms with Crippen LogP contribution in [0.2, 0.25) is 0 Å². The van der Waals surface area contributed by atoms with Crippen LogP contribution >= 0.6 is 0 Å². The fraction of sp³-hybridized carbons (Fsp3) is 0.429. The molecule has 0 spiro atoms. The Morgan fingerprint density at radius 1 is 1.26 bits per heavy atom. The number of carbonyl (C=O) groups is 2. The number of benzene rings is 1. The van der Waals surface area contributed by atoms with Gasteiger partial charge in [0.2, 0.25) is 5.91 Å². The van der Waals surface area contributed by atoms with Crippen LogP contribution in [0.4, 0.5) is 5.69 Å². The van der Waals surface area contributed by atoms with Crippen LogP contribution in [0.1, 0.15) is 24.0 Å². The summed E-state index contributed by atoms with van der Waals surface area (Å²) in [5, 5.41) is 14.2. The predicted octanol–water partition coefficient (Wildman–Crippen LogP) is 1.70. The van der Waals surface area contributed by atoms with E-state index in [2.05, 4.69) is 10.6 Å². The van der Waals surface area contributed by atoms with E-state index in [0.717, 1.165) is 16.8 Å². The molecule has 19 heavy (non-hydrogen) atoms. The zero-order valence-electron chi connectivity index (χ0n) is 11.3. The molecule has 0 heterocycles. The number of hydrogen-bond donors (Lipinski definition) is 3. The zero-order valence-corrected chi connectivity index (χ0v) is 11.3. The number of rotatable bonds is 7. The molecule has 0 saturated carbocycles. The van der Waals surface area contributed by atoms with E-state index < -0.39 is 5.97 Å². The highest BCUT2D eigenvalue weighted by Gasteiger charge is 2.04. The minimum absolute atomic E-state index is 0.117. The third-order valence-electron chi connectivity index (χ3n) is 2.69. The van der Waals surface area contributed by atoms with Gasteiger partial charge in [0.15, 0.2) is 0 Å². The van der Waals surface area contributed by atoms with Gasteiger partial charge in [0.25, 0.3) is 0 Å². The summed E-state index contributed by atoms with van der Waals surface area (Å²) in [6, 6.07) is 5.84. The van der Waals surface area contributed by atoms with Crippen molar-refractivity contribution in [2.45, 2.75) is 26.7 Å². The Bertz CT molecular complexity index is 458. The summed E-state index contributed by atoms with van der Waals surface area (Å²) < 4.78 is 0. The Hall–Kier alpha value is -1.88. The van der Waals surface area contributed by atoms with Crippen LogP contribution in [0, 0.1) is 13.8 Å². The molecule has 0 radical (unpaired) electrons. The van der Waals surface area contributed by atoms with Gasteiger partial charge in [-0.15, -0.1) is 0 Å². The second-order valence-corrected chi connectivity index (χ2v) is 4.54. The molecule has 0 unspecified atom stereocenters. The first kappa shape index (κ1) is 15.2. The molecule has 1 aromatic rings. The maximum atomic E-state index is 11.7. The zero-order chi connectivity index (χ0) is 14.3. The summed E-state index contributed by atoms with van der Waals surface area (Å²) in [7, 11) is 0. The largest absolute Gasteiger partial charge is 0.481 e. The van der Waals surface area contributed by atoms with E-state index in [1.54, 1.807) is 0 Å². The lowest BCUT2D eigenvalue weighted by atomic mass is 10.1. The van der Waals surface area contributed by atoms with E-state index in [1.807, 2.05) is 32.0 Å². The van der Waals surface area contributed by atoms with Gasteiger partial charge >= 0.3 is 5.97 Å². The van der Waals surface area contributed by atoms with Crippen molar-refractivity contribution < 1.29 is 14.7 Å². The van der Waals surface area contributed by atoms with Crippen molar-refractivity contribution in [3.8, 4) is 0 Å². The SMILES string of the molecule is Cc1ccc(NC(=O)CNCCCC(=O)O)c(C)c1. The standard InChI is InChI=1S/C14H20N2O3/c1-10-5-6-12(11(2)8-10)16-13(17)9-15-7-3-4-14(18)19/h5-6,8,15H,3-4,7,9H2,1-2H3,(H,16,17)(H,18,19). The van der Waals surface area contributed by atoms with Crippen molar-refractivity contribution in [1.82, 2.24) is 5.32 Å². The molecule has 0 fully saturated rings. The van der Waals surface area contributed by atoms with Crippen LogP contribution < -0.4 is 10.6 Å². The van der Waals surface area contributed by atoms with Crippen molar-refractivity contribution >= 4 is 17.6 Å². The molecule has 1 amide bonds. The first-order chi connectivity index (χ1) is 8.99. The topological polar surface area (TPSA) is 78.4 Å². The molecule has 0 aliphatic heterocycles. The van der Waals surface area contributed by atoms with Crippen molar-refractivity contribution in [3.05, 3.63) is 29.3 Å². The molecule has 0 saturated heterocycles. The maximum Gasteiger partial charge on any atom is 0.303 e. The molecule has 5 nitrogen and oxygen atoms in total. The van der Waals surface area contributed by atoms with E-state index in [9.17, 15) is 9.59 Å². The summed E-state index contributed by atoms with van der Waals surface area (Å²) in [4.78, 5) is 22.0. The number of amides is 1. The van der Waals surface area contributed by atoms with E-state index in [1.165, 1.54) is 0 Å². The number of aryl methyl sites for hydroxylation is 2. The van der Waals surface area contributed by atoms with Crippen LogP contribution in [0.5, 0.6) is 0 Å². The van der Waals surface area contributed by atoms with Gasteiger partial charge in [-0.05, 0) is 38.4 Å². The van der Waals surface area contributed by atoms with E-state index >= 15 is 0 Å². The quantitative estimate of drug-likeness (QED) is 0.655. The van der Waals surface area contributed by atoms with Gasteiger partial charge in [0.05, 0.1) is 6.54 Å². The summed E-state index contributed by atoms with van der Waals surface area (Å²) in [5.74, 6) is -0.941. The van der Waals surface area contributed by atoms with Gasteiger partial charge in [-0.3, -0.25) is 9.59 Å². The smallest absolute Gasteiger partial charge is 0.303 e. The number of hydrogen-bond acceptors (Lipinski definition) is 3. The van der Waals surface area contributed by atoms with Gasteiger partial charge in [-0.25, -0.2) is 0 Å². The highest BCUT2D eigenvalue weighted by atomic mass is 16.4. The second-order valence-electron chi connectivity index (χ2n) is 4.54. The Morgan fingerprint density at radius 3 is 2.63 bits per heavy atom. The molecular weight excluding hydrogens is 244 g/mol. The van der Waals surface area contributed by atoms with E-state index in [4.69, 9.17) is 5.11 Å². The van der Waals surface area contributed by atoms with Crippen LogP contribution in [0.25, 0.3) is 0 Å². The van der Waals surface area contributed by atoms with Crippen molar-refractivity contribution in [2.75, 3.05) is 18.4 Å². The van der Waals surface area contributed by atoms with Crippen LogP contribution in [0.3, 0.4) is 0 Å². The van der Waals surface area contributed by atoms with Crippen molar-refractivity contribution in [1.29, 1.82) is 0 Å². The van der Waals surface area contributed by atoms with Crippen LogP contribution in [-0.2, 0) is 9.59 Å². The molecule has 1 aromatic carbocycles. The summed E-state index contributed by atoms with van der Waals surface area (Å²) in [5.41, 5.74) is 2.99. The Labute approximate surface area is 113 Å². The van der Waals surface area contributed by atoms with E-state index in [0.29, 0.717) is 13.0 Å². The van der Waals surface area contributed by atoms with Crippen molar-refractivity contribution in [2.24, 2.45) is 0 Å². The van der Waals surface area contributed by atoms with Gasteiger partial charge in [-0.1, -0.05) is 17.7 Å². The first-order valence-electron chi connectivity index (χ1n) is 6.28. The highest BCUT2D eigenvalue weighted by molar-refractivity contribution is 5.92. The average molecular weight is 264 g/mol. The second kappa shape index (κ2) is 7.53. The molecule has 0 aromatic heterocycles. The number of carboxylic acids is 1. The number of aliphatic carboxylic acids is 1. The maximum absolute atomic E-state index is 11.7. The molecule has 5 heteroatoms. The Kier molecular flexibility index (Phi) is 6.02. The fourth-order valence-corrected chi connectivity index (χ4v) is 1.71. The number of carbonyl (C=O) groups excluding carboxylic acids is 1. The lowest BCUT2D eigenvalue weighted by molar-refractivity contribution is -0.137. The predicted molar refractivity (Wildman–Crippen MR) is 74.3 cm³/mol. The molecule has 0 aliphatic carbocycles. The molecular formula is C14H20N2O3. The molecule has 104 valence electrons. The normalized spacial score (nSPS) is 10.2. The first-order valence-corrected chi connectivity index (χ1v) is 6.28. The lowest BCUT2D eigenvalue weighted by Gasteiger charge is -2.09. The summed E-state index contributed by atoms with van der Waals surface area (Å²) in [6.07, 6.45) is 0.637. The summed E-state index contributed by atoms with van der Waals surface area (Å²) >= 11 is 0. The monoisotopic (exact) mass is 264 g/mol. The van der Waals surface area contributed by atoms with Crippen molar-refractivity contribution in [3.63, 3.8) is 0 Å². The highest BCUT2D eigenvalue weighted by Crippen LogP contribution is 2.15. The van der Waals surface area contributed by atoms with Gasteiger partial charge in [0.1, 0.15) is 0 Å². The number of nitrogens with one attached hydrogen (secondary N) is 2. The molecule has 0 aliphatic rings. The van der Waals surface area contributed by atoms with Gasteiger partial charge in [0, 0.05) is 12.1 Å². The number of carboxylic acid groups (broad SMARTS) is 1. The minimum atomic E-state index is -0.818. The van der Waals surface area contributed by atoms with E-state index in [-0.39, 0.29) is 18.9 Å². The van der Waals surface area contributed by atoms with Gasteiger partial charge in [-0.2, -0.15) is 0 Å². The molecule has 0 bridgehead atoms.